The van der Waals surface area contributed by atoms with Gasteiger partial charge in [-0.3, -0.25) is 0 Å². The van der Waals surface area contributed by atoms with Gasteiger partial charge < -0.3 is 24.1 Å². The van der Waals surface area contributed by atoms with E-state index in [1.807, 2.05) is 56.9 Å². The summed E-state index contributed by atoms with van der Waals surface area (Å²) in [6, 6.07) is 12.8. The Balaban J connectivity index is 1.65. The number of anilines is 1. The van der Waals surface area contributed by atoms with Crippen molar-refractivity contribution in [2.24, 2.45) is 0 Å². The van der Waals surface area contributed by atoms with Crippen LogP contribution < -0.4 is 10.6 Å². The van der Waals surface area contributed by atoms with Crippen molar-refractivity contribution in [2.45, 2.75) is 84.7 Å². The zero-order valence-corrected chi connectivity index (χ0v) is 32.1. The highest BCUT2D eigenvalue weighted by Gasteiger charge is 2.37. The minimum absolute atomic E-state index is 0.0124. The molecule has 1 aliphatic heterocycles. The predicted octanol–water partition coefficient (Wildman–Crippen LogP) is 7.96. The smallest absolute Gasteiger partial charge is 0.410 e. The first-order valence-electron chi connectivity index (χ1n) is 16.9. The van der Waals surface area contributed by atoms with Crippen LogP contribution in [0.3, 0.4) is 0 Å². The molecule has 0 bridgehead atoms. The Morgan fingerprint density at radius 3 is 2.40 bits per heavy atom. The fraction of sp³-hybridized carbons (Fsp3) is 0.459. The van der Waals surface area contributed by atoms with Crippen LogP contribution in [-0.2, 0) is 15.6 Å². The molecule has 0 radical (unpaired) electrons. The molecular formula is C37H47ClFN5O5Si. The molecule has 2 aromatic carbocycles. The lowest BCUT2D eigenvalue weighted by atomic mass is 10.1. The molecular weight excluding hydrogens is 677 g/mol. The van der Waals surface area contributed by atoms with Crippen LogP contribution in [-0.4, -0.2) is 76.8 Å². The Labute approximate surface area is 298 Å². The lowest BCUT2D eigenvalue weighted by Gasteiger charge is -2.41. The van der Waals surface area contributed by atoms with Crippen LogP contribution in [0.15, 0.2) is 53.3 Å². The molecule has 0 saturated carbocycles. The minimum atomic E-state index is -2.03. The number of carbonyl (C=O) groups excluding carboxylic acids is 1. The summed E-state index contributed by atoms with van der Waals surface area (Å²) < 4.78 is 28.7. The molecule has 0 spiro atoms. The molecule has 1 amide bonds. The summed E-state index contributed by atoms with van der Waals surface area (Å²) in [5.41, 5.74) is 0.179. The Kier molecular flexibility index (Phi) is 10.4. The van der Waals surface area contributed by atoms with Crippen LogP contribution in [0.25, 0.3) is 28.0 Å². The number of carbonyl (C=O) groups is 1. The first-order chi connectivity index (χ1) is 23.3. The van der Waals surface area contributed by atoms with E-state index in [1.165, 1.54) is 22.8 Å². The molecule has 268 valence electrons. The van der Waals surface area contributed by atoms with E-state index >= 15 is 4.39 Å². The monoisotopic (exact) mass is 723 g/mol. The summed E-state index contributed by atoms with van der Waals surface area (Å²) in [5.74, 6) is -0.705. The second-order valence-corrected chi connectivity index (χ2v) is 20.6. The van der Waals surface area contributed by atoms with Crippen molar-refractivity contribution in [1.29, 1.82) is 0 Å². The lowest BCUT2D eigenvalue weighted by Crippen LogP contribution is -2.55. The molecule has 0 aliphatic carbocycles. The van der Waals surface area contributed by atoms with Crippen LogP contribution in [0.5, 0.6) is 5.75 Å². The molecule has 4 aromatic rings. The van der Waals surface area contributed by atoms with Gasteiger partial charge in [-0.25, -0.2) is 23.5 Å². The number of para-hydroxylation sites is 1. The lowest BCUT2D eigenvalue weighted by molar-refractivity contribution is 0.0218. The van der Waals surface area contributed by atoms with Gasteiger partial charge in [0.25, 0.3) is 0 Å². The number of nitrogens with zero attached hydrogens (tertiary/aromatic N) is 5. The van der Waals surface area contributed by atoms with Gasteiger partial charge in [-0.15, -0.1) is 0 Å². The van der Waals surface area contributed by atoms with Gasteiger partial charge in [-0.05, 0) is 82.1 Å². The quantitative estimate of drug-likeness (QED) is 0.191. The van der Waals surface area contributed by atoms with Crippen molar-refractivity contribution in [1.82, 2.24) is 19.4 Å². The molecule has 50 heavy (non-hydrogen) atoms. The largest absolute Gasteiger partial charge is 0.507 e. The third-order valence-electron chi connectivity index (χ3n) is 9.45. The summed E-state index contributed by atoms with van der Waals surface area (Å²) >= 11 is 6.82. The summed E-state index contributed by atoms with van der Waals surface area (Å²) in [7, 11) is -2.03. The summed E-state index contributed by atoms with van der Waals surface area (Å²) in [4.78, 5) is 40.1. The highest BCUT2D eigenvalue weighted by atomic mass is 35.5. The van der Waals surface area contributed by atoms with Crippen molar-refractivity contribution in [3.8, 4) is 22.7 Å². The molecule has 1 atom stereocenters. The molecule has 1 aliphatic rings. The molecule has 13 heteroatoms. The number of benzene rings is 2. The number of pyridine rings is 1. The first kappa shape index (κ1) is 37.3. The Morgan fingerprint density at radius 2 is 1.76 bits per heavy atom. The van der Waals surface area contributed by atoms with Gasteiger partial charge in [0.15, 0.2) is 14.0 Å². The molecule has 5 rings (SSSR count). The van der Waals surface area contributed by atoms with E-state index in [-0.39, 0.29) is 38.8 Å². The predicted molar refractivity (Wildman–Crippen MR) is 199 cm³/mol. The topological polar surface area (TPSA) is 110 Å². The number of phenolic OH excluding ortho intramolecular Hbond substituents is 1. The standard InChI is InChI=1S/C37H47ClFN5O5Si/c1-23-22-42(35(47)49-36(2,3)4)18-19-43(23)32-25-21-26(38)31(30-27(39)14-12-16-29(30)45)40-33(25)44(34(46)41-32)28-15-11-10-13-24(28)17-20-48-50(8,9)37(5,6)7/h10-16,21,23,45H,17-20,22H2,1-9H3/t23-/m0/s1. The van der Waals surface area contributed by atoms with Crippen molar-refractivity contribution in [3.05, 3.63) is 75.4 Å². The Morgan fingerprint density at radius 1 is 1.06 bits per heavy atom. The number of ether oxygens (including phenoxy) is 1. The van der Waals surface area contributed by atoms with Gasteiger partial charge >= 0.3 is 11.8 Å². The van der Waals surface area contributed by atoms with Crippen molar-refractivity contribution < 1.29 is 23.5 Å². The number of hydrogen-bond acceptors (Lipinski definition) is 8. The van der Waals surface area contributed by atoms with Crippen molar-refractivity contribution in [3.63, 3.8) is 0 Å². The van der Waals surface area contributed by atoms with Crippen LogP contribution in [0, 0.1) is 5.82 Å². The van der Waals surface area contributed by atoms with Gasteiger partial charge in [0.1, 0.15) is 23.0 Å². The molecule has 2 aromatic heterocycles. The van der Waals surface area contributed by atoms with E-state index in [0.29, 0.717) is 49.6 Å². The molecule has 1 fully saturated rings. The number of rotatable bonds is 7. The fourth-order valence-corrected chi connectivity index (χ4v) is 7.09. The van der Waals surface area contributed by atoms with Crippen molar-refractivity contribution in [2.75, 3.05) is 31.1 Å². The van der Waals surface area contributed by atoms with E-state index < -0.39 is 31.5 Å². The van der Waals surface area contributed by atoms with Gasteiger partial charge in [-0.1, -0.05) is 56.6 Å². The maximum atomic E-state index is 15.2. The van der Waals surface area contributed by atoms with Crippen LogP contribution in [0.4, 0.5) is 15.0 Å². The van der Waals surface area contributed by atoms with Gasteiger partial charge in [-0.2, -0.15) is 4.98 Å². The first-order valence-corrected chi connectivity index (χ1v) is 20.2. The minimum Gasteiger partial charge on any atom is -0.507 e. The van der Waals surface area contributed by atoms with Crippen LogP contribution in [0.2, 0.25) is 23.2 Å². The molecule has 3 heterocycles. The van der Waals surface area contributed by atoms with Gasteiger partial charge in [0.2, 0.25) is 0 Å². The Hall–Kier alpha value is -4.00. The zero-order chi connectivity index (χ0) is 36.8. The van der Waals surface area contributed by atoms with E-state index in [0.717, 1.165) is 5.56 Å². The van der Waals surface area contributed by atoms with Gasteiger partial charge in [0, 0.05) is 32.3 Å². The normalized spacial score (nSPS) is 15.9. The number of phenols is 1. The number of amides is 1. The number of piperazine rings is 1. The highest BCUT2D eigenvalue weighted by molar-refractivity contribution is 6.74. The number of hydrogen-bond donors (Lipinski definition) is 1. The number of aromatic hydroxyl groups is 1. The highest BCUT2D eigenvalue weighted by Crippen LogP contribution is 2.39. The molecule has 1 N–H and O–H groups in total. The number of halogens is 2. The van der Waals surface area contributed by atoms with E-state index in [4.69, 9.17) is 25.7 Å². The average Bonchev–Trinajstić information content (AvgIpc) is 3.00. The van der Waals surface area contributed by atoms with Crippen LogP contribution in [0.1, 0.15) is 54.0 Å². The molecule has 0 unspecified atom stereocenters. The van der Waals surface area contributed by atoms with Gasteiger partial charge in [0.05, 0.1) is 27.4 Å². The van der Waals surface area contributed by atoms with E-state index in [9.17, 15) is 14.7 Å². The summed E-state index contributed by atoms with van der Waals surface area (Å²) in [5, 5.41) is 11.3. The summed E-state index contributed by atoms with van der Waals surface area (Å²) in [6.07, 6.45) is 0.113. The Bertz CT molecular complexity index is 1950. The zero-order valence-electron chi connectivity index (χ0n) is 30.3. The van der Waals surface area contributed by atoms with E-state index in [1.54, 1.807) is 11.0 Å². The maximum Gasteiger partial charge on any atom is 0.410 e. The fourth-order valence-electron chi connectivity index (χ4n) is 5.80. The maximum absolute atomic E-state index is 15.2. The van der Waals surface area contributed by atoms with Crippen LogP contribution >= 0.6 is 11.6 Å². The number of aromatic nitrogens is 3. The second-order valence-electron chi connectivity index (χ2n) is 15.3. The number of fused-ring (bicyclic) bond motifs is 1. The summed E-state index contributed by atoms with van der Waals surface area (Å²) in [6.45, 7) is 19.8. The second kappa shape index (κ2) is 14.0. The van der Waals surface area contributed by atoms with E-state index in [2.05, 4.69) is 38.8 Å². The third kappa shape index (κ3) is 7.67. The molecule has 1 saturated heterocycles. The van der Waals surface area contributed by atoms with Crippen molar-refractivity contribution >= 4 is 42.9 Å². The molecule has 10 nitrogen and oxygen atoms in total. The average molecular weight is 724 g/mol. The third-order valence-corrected chi connectivity index (χ3v) is 14.3. The SMILES string of the molecule is C[C@H]1CN(C(=O)OC(C)(C)C)CCN1c1nc(=O)n(-c2ccccc2CCO[Si](C)(C)C(C)(C)C)c2nc(-c3c(O)cccc3F)c(Cl)cc12.